The number of halogens is 1. The molecule has 0 aromatic heterocycles. The molecule has 136 valence electrons. The van der Waals surface area contributed by atoms with Gasteiger partial charge in [0.2, 0.25) is 0 Å². The van der Waals surface area contributed by atoms with Crippen LogP contribution in [0.15, 0.2) is 35.3 Å². The van der Waals surface area contributed by atoms with Crippen LogP contribution in [0.3, 0.4) is 0 Å². The number of hydrogen-bond donors (Lipinski definition) is 1. The third-order valence-corrected chi connectivity index (χ3v) is 4.13. The number of nitrogens with zero attached hydrogens (tertiary/aromatic N) is 2. The molecule has 1 aromatic carbocycles. The van der Waals surface area contributed by atoms with Gasteiger partial charge in [-0.2, -0.15) is 0 Å². The molecule has 1 heterocycles. The second-order valence-electron chi connectivity index (χ2n) is 5.87. The van der Waals surface area contributed by atoms with E-state index in [1.165, 1.54) is 12.0 Å². The van der Waals surface area contributed by atoms with Crippen molar-refractivity contribution in [2.75, 3.05) is 53.6 Å². The Kier molecular flexibility index (Phi) is 11.0. The maximum atomic E-state index is 5.47. The molecule has 0 radical (unpaired) electrons. The van der Waals surface area contributed by atoms with Gasteiger partial charge in [0.1, 0.15) is 0 Å². The number of methoxy groups -OCH3 is 1. The molecule has 1 saturated heterocycles. The van der Waals surface area contributed by atoms with Crippen LogP contribution in [0.5, 0.6) is 0 Å². The van der Waals surface area contributed by atoms with Crippen LogP contribution >= 0.6 is 24.0 Å². The molecule has 0 spiro atoms. The van der Waals surface area contributed by atoms with E-state index in [0.717, 1.165) is 32.0 Å². The molecule has 1 unspecified atom stereocenters. The van der Waals surface area contributed by atoms with Gasteiger partial charge in [-0.15, -0.1) is 24.0 Å². The molecule has 0 bridgehead atoms. The molecule has 2 rings (SSSR count). The van der Waals surface area contributed by atoms with Gasteiger partial charge in [-0.05, 0) is 24.3 Å². The Morgan fingerprint density at radius 3 is 2.75 bits per heavy atom. The van der Waals surface area contributed by atoms with Crippen molar-refractivity contribution in [1.82, 2.24) is 10.2 Å². The first kappa shape index (κ1) is 21.2. The monoisotopic (exact) mass is 447 g/mol. The predicted molar refractivity (Wildman–Crippen MR) is 109 cm³/mol. The summed E-state index contributed by atoms with van der Waals surface area (Å²) in [6.45, 7) is 4.86. The van der Waals surface area contributed by atoms with Crippen molar-refractivity contribution in [2.45, 2.75) is 12.8 Å². The van der Waals surface area contributed by atoms with Gasteiger partial charge in [-0.3, -0.25) is 4.99 Å². The van der Waals surface area contributed by atoms with Crippen LogP contribution in [0.1, 0.15) is 12.0 Å². The lowest BCUT2D eigenvalue weighted by Gasteiger charge is -2.21. The smallest absolute Gasteiger partial charge is 0.193 e. The number of ether oxygens (including phenoxy) is 2. The summed E-state index contributed by atoms with van der Waals surface area (Å²) in [5, 5.41) is 3.38. The largest absolute Gasteiger partial charge is 0.382 e. The van der Waals surface area contributed by atoms with Crippen LogP contribution in [0.4, 0.5) is 0 Å². The van der Waals surface area contributed by atoms with E-state index in [-0.39, 0.29) is 24.0 Å². The quantitative estimate of drug-likeness (QED) is 0.288. The SMILES string of the molecule is CN=C(NCCOCCOC)N1CCC(Cc2ccccc2)C1.I. The molecular formula is C18H30IN3O2. The maximum Gasteiger partial charge on any atom is 0.193 e. The number of aliphatic imine (C=N–C) groups is 1. The Labute approximate surface area is 162 Å². The van der Waals surface area contributed by atoms with Gasteiger partial charge >= 0.3 is 0 Å². The summed E-state index contributed by atoms with van der Waals surface area (Å²) in [5.74, 6) is 1.69. The number of likely N-dealkylation sites (tertiary alicyclic amines) is 1. The Balaban J connectivity index is 0.00000288. The summed E-state index contributed by atoms with van der Waals surface area (Å²) in [5.41, 5.74) is 1.42. The predicted octanol–water partition coefficient (Wildman–Crippen LogP) is 2.41. The van der Waals surface area contributed by atoms with Crippen molar-refractivity contribution in [3.05, 3.63) is 35.9 Å². The Bertz CT molecular complexity index is 471. The van der Waals surface area contributed by atoms with Crippen LogP contribution in [-0.2, 0) is 15.9 Å². The fraction of sp³-hybridized carbons (Fsp3) is 0.611. The first-order chi connectivity index (χ1) is 11.3. The van der Waals surface area contributed by atoms with Gasteiger partial charge in [0.15, 0.2) is 5.96 Å². The summed E-state index contributed by atoms with van der Waals surface area (Å²) in [4.78, 5) is 6.75. The van der Waals surface area contributed by atoms with Gasteiger partial charge in [0, 0.05) is 33.8 Å². The zero-order chi connectivity index (χ0) is 16.3. The average molecular weight is 447 g/mol. The van der Waals surface area contributed by atoms with E-state index in [4.69, 9.17) is 9.47 Å². The Morgan fingerprint density at radius 1 is 1.25 bits per heavy atom. The molecule has 1 aromatic rings. The molecule has 1 N–H and O–H groups in total. The molecule has 1 aliphatic rings. The lowest BCUT2D eigenvalue weighted by molar-refractivity contribution is 0.0731. The first-order valence-electron chi connectivity index (χ1n) is 8.39. The summed E-state index contributed by atoms with van der Waals surface area (Å²) in [6, 6.07) is 10.7. The molecular weight excluding hydrogens is 417 g/mol. The highest BCUT2D eigenvalue weighted by molar-refractivity contribution is 14.0. The lowest BCUT2D eigenvalue weighted by atomic mass is 9.99. The fourth-order valence-electron chi connectivity index (χ4n) is 2.95. The standard InChI is InChI=1S/C18H29N3O2.HI/c1-19-18(20-9-11-23-13-12-22-2)21-10-8-17(15-21)14-16-6-4-3-5-7-16;/h3-7,17H,8-15H2,1-2H3,(H,19,20);1H. The van der Waals surface area contributed by atoms with E-state index in [1.807, 2.05) is 7.05 Å². The Morgan fingerprint density at radius 2 is 2.04 bits per heavy atom. The number of nitrogens with one attached hydrogen (secondary N) is 1. The highest BCUT2D eigenvalue weighted by atomic mass is 127. The summed E-state index contributed by atoms with van der Waals surface area (Å²) in [7, 11) is 3.53. The minimum atomic E-state index is 0. The van der Waals surface area contributed by atoms with E-state index < -0.39 is 0 Å². The molecule has 0 aliphatic carbocycles. The molecule has 1 aliphatic heterocycles. The van der Waals surface area contributed by atoms with E-state index in [2.05, 4.69) is 45.5 Å². The molecule has 0 amide bonds. The number of rotatable bonds is 8. The number of benzene rings is 1. The van der Waals surface area contributed by atoms with Gasteiger partial charge in [0.25, 0.3) is 0 Å². The third-order valence-electron chi connectivity index (χ3n) is 4.13. The molecule has 1 atom stereocenters. The van der Waals surface area contributed by atoms with Gasteiger partial charge < -0.3 is 19.7 Å². The van der Waals surface area contributed by atoms with Gasteiger partial charge in [-0.25, -0.2) is 0 Å². The minimum Gasteiger partial charge on any atom is -0.382 e. The zero-order valence-electron chi connectivity index (χ0n) is 14.7. The normalized spacial score (nSPS) is 17.7. The van der Waals surface area contributed by atoms with Crippen molar-refractivity contribution in [2.24, 2.45) is 10.9 Å². The van der Waals surface area contributed by atoms with Gasteiger partial charge in [0.05, 0.1) is 19.8 Å². The first-order valence-corrected chi connectivity index (χ1v) is 8.39. The highest BCUT2D eigenvalue weighted by Gasteiger charge is 2.24. The second-order valence-corrected chi connectivity index (χ2v) is 5.87. The van der Waals surface area contributed by atoms with Crippen LogP contribution in [0, 0.1) is 5.92 Å². The van der Waals surface area contributed by atoms with Crippen LogP contribution in [-0.4, -0.2) is 64.5 Å². The Hall–Kier alpha value is -0.860. The van der Waals surface area contributed by atoms with Crippen molar-refractivity contribution in [3.8, 4) is 0 Å². The van der Waals surface area contributed by atoms with Crippen molar-refractivity contribution < 1.29 is 9.47 Å². The number of guanidine groups is 1. The van der Waals surface area contributed by atoms with Crippen molar-refractivity contribution >= 4 is 29.9 Å². The molecule has 24 heavy (non-hydrogen) atoms. The molecule has 0 saturated carbocycles. The molecule has 5 nitrogen and oxygen atoms in total. The van der Waals surface area contributed by atoms with E-state index >= 15 is 0 Å². The van der Waals surface area contributed by atoms with Crippen molar-refractivity contribution in [3.63, 3.8) is 0 Å². The van der Waals surface area contributed by atoms with Crippen molar-refractivity contribution in [1.29, 1.82) is 0 Å². The van der Waals surface area contributed by atoms with Gasteiger partial charge in [-0.1, -0.05) is 30.3 Å². The van der Waals surface area contributed by atoms with E-state index in [9.17, 15) is 0 Å². The van der Waals surface area contributed by atoms with E-state index in [1.54, 1.807) is 7.11 Å². The lowest BCUT2D eigenvalue weighted by Crippen LogP contribution is -2.41. The van der Waals surface area contributed by atoms with Crippen LogP contribution < -0.4 is 5.32 Å². The molecule has 1 fully saturated rings. The highest BCUT2D eigenvalue weighted by Crippen LogP contribution is 2.20. The topological polar surface area (TPSA) is 46.1 Å². The zero-order valence-corrected chi connectivity index (χ0v) is 17.1. The molecule has 6 heteroatoms. The van der Waals surface area contributed by atoms with Crippen LogP contribution in [0.2, 0.25) is 0 Å². The fourth-order valence-corrected chi connectivity index (χ4v) is 2.95. The summed E-state index contributed by atoms with van der Waals surface area (Å²) >= 11 is 0. The van der Waals surface area contributed by atoms with Crippen LogP contribution in [0.25, 0.3) is 0 Å². The maximum absolute atomic E-state index is 5.47. The van der Waals surface area contributed by atoms with E-state index in [0.29, 0.717) is 25.7 Å². The summed E-state index contributed by atoms with van der Waals surface area (Å²) < 4.78 is 10.4. The number of hydrogen-bond acceptors (Lipinski definition) is 3. The summed E-state index contributed by atoms with van der Waals surface area (Å²) in [6.07, 6.45) is 2.37. The second kappa shape index (κ2) is 12.5. The third kappa shape index (κ3) is 7.36. The average Bonchev–Trinajstić information content (AvgIpc) is 3.03. The minimum absolute atomic E-state index is 0.